The second kappa shape index (κ2) is 6.37. The fourth-order valence-corrected chi connectivity index (χ4v) is 2.30. The fourth-order valence-electron chi connectivity index (χ4n) is 2.18. The first-order valence-electron chi connectivity index (χ1n) is 6.13. The average Bonchev–Trinajstić information content (AvgIpc) is 2.90. The summed E-state index contributed by atoms with van der Waals surface area (Å²) in [5.74, 6) is 1.71. The van der Waals surface area contributed by atoms with Gasteiger partial charge in [-0.2, -0.15) is 0 Å². The van der Waals surface area contributed by atoms with Gasteiger partial charge in [-0.1, -0.05) is 11.6 Å². The predicted octanol–water partition coefficient (Wildman–Crippen LogP) is 3.28. The Morgan fingerprint density at radius 1 is 1.11 bits per heavy atom. The van der Waals surface area contributed by atoms with Crippen LogP contribution in [0, 0.1) is 0 Å². The van der Waals surface area contributed by atoms with E-state index in [2.05, 4.69) is 15.5 Å². The number of hydrogen-bond donors (Lipinski definition) is 1. The van der Waals surface area contributed by atoms with Crippen LogP contribution in [0.3, 0.4) is 0 Å². The largest absolute Gasteiger partial charge is 0.420 e. The van der Waals surface area contributed by atoms with Gasteiger partial charge in [0.1, 0.15) is 0 Å². The summed E-state index contributed by atoms with van der Waals surface area (Å²) in [6.07, 6.45) is 2.12. The number of nitrogens with one attached hydrogen (secondary N) is 1. The van der Waals surface area contributed by atoms with Crippen molar-refractivity contribution in [2.45, 2.75) is 18.8 Å². The molecule has 1 N–H and O–H groups in total. The second-order valence-electron chi connectivity index (χ2n) is 4.48. The maximum absolute atomic E-state index is 5.85. The molecule has 0 atom stereocenters. The van der Waals surface area contributed by atoms with Crippen molar-refractivity contribution >= 4 is 24.0 Å². The summed E-state index contributed by atoms with van der Waals surface area (Å²) < 4.78 is 5.76. The van der Waals surface area contributed by atoms with Gasteiger partial charge in [-0.3, -0.25) is 0 Å². The number of benzene rings is 1. The Bertz CT molecular complexity index is 521. The van der Waals surface area contributed by atoms with Crippen LogP contribution in [0.25, 0.3) is 11.5 Å². The quantitative estimate of drug-likeness (QED) is 0.924. The van der Waals surface area contributed by atoms with Gasteiger partial charge in [0.2, 0.25) is 11.8 Å². The molecule has 2 heterocycles. The molecule has 0 saturated carbocycles. The highest BCUT2D eigenvalue weighted by molar-refractivity contribution is 6.30. The van der Waals surface area contributed by atoms with Crippen molar-refractivity contribution in [1.82, 2.24) is 15.5 Å². The van der Waals surface area contributed by atoms with E-state index >= 15 is 0 Å². The maximum atomic E-state index is 5.85. The minimum Gasteiger partial charge on any atom is -0.420 e. The number of nitrogens with zero attached hydrogens (tertiary/aromatic N) is 2. The van der Waals surface area contributed by atoms with Gasteiger partial charge in [-0.25, -0.2) is 0 Å². The van der Waals surface area contributed by atoms with Gasteiger partial charge in [0, 0.05) is 16.5 Å². The van der Waals surface area contributed by atoms with E-state index in [-0.39, 0.29) is 12.4 Å². The molecule has 3 rings (SSSR count). The summed E-state index contributed by atoms with van der Waals surface area (Å²) in [7, 11) is 0. The first-order valence-corrected chi connectivity index (χ1v) is 6.51. The number of piperidine rings is 1. The molecule has 102 valence electrons. The lowest BCUT2D eigenvalue weighted by Gasteiger charge is -2.18. The van der Waals surface area contributed by atoms with Gasteiger partial charge in [-0.15, -0.1) is 22.6 Å². The molecule has 1 aromatic heterocycles. The zero-order valence-electron chi connectivity index (χ0n) is 10.3. The second-order valence-corrected chi connectivity index (χ2v) is 4.91. The Morgan fingerprint density at radius 2 is 1.79 bits per heavy atom. The topological polar surface area (TPSA) is 51.0 Å². The molecule has 1 aliphatic rings. The Labute approximate surface area is 123 Å². The van der Waals surface area contributed by atoms with Crippen molar-refractivity contribution < 1.29 is 4.42 Å². The summed E-state index contributed by atoms with van der Waals surface area (Å²) in [5, 5.41) is 12.3. The molecular weight excluding hydrogens is 285 g/mol. The van der Waals surface area contributed by atoms with Crippen LogP contribution in [0.5, 0.6) is 0 Å². The van der Waals surface area contributed by atoms with Crippen molar-refractivity contribution in [2.24, 2.45) is 0 Å². The summed E-state index contributed by atoms with van der Waals surface area (Å²) in [6.45, 7) is 2.03. The summed E-state index contributed by atoms with van der Waals surface area (Å²) >= 11 is 5.85. The first kappa shape index (κ1) is 14.3. The molecule has 0 amide bonds. The van der Waals surface area contributed by atoms with E-state index in [1.165, 1.54) is 0 Å². The Hall–Kier alpha value is -1.10. The molecule has 4 nitrogen and oxygen atoms in total. The molecule has 2 aromatic rings. The molecule has 0 unspecified atom stereocenters. The van der Waals surface area contributed by atoms with E-state index in [1.54, 1.807) is 0 Å². The number of rotatable bonds is 2. The molecule has 1 aliphatic heterocycles. The van der Waals surface area contributed by atoms with Gasteiger partial charge in [-0.05, 0) is 50.2 Å². The van der Waals surface area contributed by atoms with E-state index in [9.17, 15) is 0 Å². The van der Waals surface area contributed by atoms with Gasteiger partial charge >= 0.3 is 0 Å². The van der Waals surface area contributed by atoms with Crippen molar-refractivity contribution in [1.29, 1.82) is 0 Å². The standard InChI is InChI=1S/C13H14ClN3O.ClH/c14-11-3-1-9(2-4-11)12-16-17-13(18-12)10-5-7-15-8-6-10;/h1-4,10,15H,5-8H2;1H. The van der Waals surface area contributed by atoms with Gasteiger partial charge in [0.05, 0.1) is 0 Å². The SMILES string of the molecule is Cl.Clc1ccc(-c2nnc(C3CCNCC3)o2)cc1. The van der Waals surface area contributed by atoms with Crippen molar-refractivity contribution in [2.75, 3.05) is 13.1 Å². The first-order chi connectivity index (χ1) is 8.83. The normalized spacial score (nSPS) is 16.1. The molecule has 0 aliphatic carbocycles. The Morgan fingerprint density at radius 3 is 2.47 bits per heavy atom. The van der Waals surface area contributed by atoms with Gasteiger partial charge < -0.3 is 9.73 Å². The Balaban J connectivity index is 0.00000133. The van der Waals surface area contributed by atoms with Gasteiger partial charge in [0.25, 0.3) is 0 Å². The average molecular weight is 300 g/mol. The van der Waals surface area contributed by atoms with Crippen molar-refractivity contribution in [3.63, 3.8) is 0 Å². The monoisotopic (exact) mass is 299 g/mol. The highest BCUT2D eigenvalue weighted by atomic mass is 35.5. The van der Waals surface area contributed by atoms with E-state index in [1.807, 2.05) is 24.3 Å². The minimum absolute atomic E-state index is 0. The van der Waals surface area contributed by atoms with Gasteiger partial charge in [0.15, 0.2) is 0 Å². The molecule has 0 spiro atoms. The van der Waals surface area contributed by atoms with Crippen molar-refractivity contribution in [3.8, 4) is 11.5 Å². The van der Waals surface area contributed by atoms with Crippen LogP contribution in [0.1, 0.15) is 24.7 Å². The van der Waals surface area contributed by atoms with Crippen LogP contribution in [0.15, 0.2) is 28.7 Å². The summed E-state index contributed by atoms with van der Waals surface area (Å²) in [6, 6.07) is 7.43. The molecule has 1 fully saturated rings. The van der Waals surface area contributed by atoms with Crippen LogP contribution in [-0.2, 0) is 0 Å². The van der Waals surface area contributed by atoms with E-state index < -0.39 is 0 Å². The molecule has 6 heteroatoms. The molecule has 1 aromatic carbocycles. The molecular formula is C13H15Cl2N3O. The number of aromatic nitrogens is 2. The Kier molecular flexibility index (Phi) is 4.80. The molecule has 19 heavy (non-hydrogen) atoms. The van der Waals surface area contributed by atoms with E-state index in [4.69, 9.17) is 16.0 Å². The van der Waals surface area contributed by atoms with Crippen LogP contribution >= 0.6 is 24.0 Å². The number of hydrogen-bond acceptors (Lipinski definition) is 4. The smallest absolute Gasteiger partial charge is 0.247 e. The lowest BCUT2D eigenvalue weighted by molar-refractivity contribution is 0.378. The van der Waals surface area contributed by atoms with Crippen LogP contribution < -0.4 is 5.32 Å². The highest BCUT2D eigenvalue weighted by Crippen LogP contribution is 2.27. The summed E-state index contributed by atoms with van der Waals surface area (Å²) in [4.78, 5) is 0. The lowest BCUT2D eigenvalue weighted by atomic mass is 9.98. The lowest BCUT2D eigenvalue weighted by Crippen LogP contribution is -2.26. The van der Waals surface area contributed by atoms with E-state index in [0.29, 0.717) is 16.8 Å². The highest BCUT2D eigenvalue weighted by Gasteiger charge is 2.21. The van der Waals surface area contributed by atoms with Crippen LogP contribution in [0.4, 0.5) is 0 Å². The third kappa shape index (κ3) is 3.26. The number of halogens is 2. The van der Waals surface area contributed by atoms with E-state index in [0.717, 1.165) is 37.4 Å². The van der Waals surface area contributed by atoms with Crippen molar-refractivity contribution in [3.05, 3.63) is 35.2 Å². The third-order valence-electron chi connectivity index (χ3n) is 3.22. The zero-order valence-corrected chi connectivity index (χ0v) is 11.9. The minimum atomic E-state index is 0. The third-order valence-corrected chi connectivity index (χ3v) is 3.47. The predicted molar refractivity (Wildman–Crippen MR) is 76.8 cm³/mol. The molecule has 1 saturated heterocycles. The fraction of sp³-hybridized carbons (Fsp3) is 0.385. The van der Waals surface area contributed by atoms with Crippen LogP contribution in [0.2, 0.25) is 5.02 Å². The molecule has 0 radical (unpaired) electrons. The summed E-state index contributed by atoms with van der Waals surface area (Å²) in [5.41, 5.74) is 0.909. The maximum Gasteiger partial charge on any atom is 0.247 e. The van der Waals surface area contributed by atoms with Crippen LogP contribution in [-0.4, -0.2) is 23.3 Å². The zero-order chi connectivity index (χ0) is 12.4. The molecule has 0 bridgehead atoms.